The predicted molar refractivity (Wildman–Crippen MR) is 149 cm³/mol. The van der Waals surface area contributed by atoms with Crippen LogP contribution in [0.4, 0.5) is 17.6 Å². The van der Waals surface area contributed by atoms with Crippen LogP contribution in [-0.2, 0) is 14.3 Å². The van der Waals surface area contributed by atoms with Crippen LogP contribution in [0.5, 0.6) is 0 Å². The number of carboxylic acids is 1. The summed E-state index contributed by atoms with van der Waals surface area (Å²) in [5, 5.41) is 14.6. The van der Waals surface area contributed by atoms with Crippen LogP contribution in [0.2, 0.25) is 0 Å². The largest absolute Gasteiger partial charge is 0.481 e. The summed E-state index contributed by atoms with van der Waals surface area (Å²) in [5.41, 5.74) is -0.0828. The molecule has 3 atom stereocenters. The number of halogens is 4. The van der Waals surface area contributed by atoms with Gasteiger partial charge in [-0.3, -0.25) is 19.6 Å². The number of likely N-dealkylation sites (tertiary alicyclic amines) is 2. The fourth-order valence-electron chi connectivity index (χ4n) is 7.10. The van der Waals surface area contributed by atoms with Gasteiger partial charge in [0.1, 0.15) is 6.04 Å². The maximum Gasteiger partial charge on any atom is 0.338 e. The summed E-state index contributed by atoms with van der Waals surface area (Å²) < 4.78 is 65.9. The number of nitrogens with zero attached hydrogens (tertiary/aromatic N) is 4. The Bertz CT molecular complexity index is 1460. The Morgan fingerprint density at radius 2 is 1.95 bits per heavy atom. The molecule has 0 bridgehead atoms. The average Bonchev–Trinajstić information content (AvgIpc) is 3.73. The molecule has 2 aromatic rings. The molecule has 43 heavy (non-hydrogen) atoms. The van der Waals surface area contributed by atoms with Crippen molar-refractivity contribution in [2.24, 2.45) is 10.9 Å². The molecule has 0 amide bonds. The van der Waals surface area contributed by atoms with E-state index in [1.165, 1.54) is 23.5 Å². The molecule has 4 aliphatic rings. The van der Waals surface area contributed by atoms with Crippen molar-refractivity contribution < 1.29 is 37.0 Å². The van der Waals surface area contributed by atoms with Gasteiger partial charge in [-0.25, -0.2) is 27.3 Å². The monoisotopic (exact) mass is 621 g/mol. The number of methoxy groups -OCH3 is 1. The van der Waals surface area contributed by atoms with Crippen molar-refractivity contribution in [1.29, 1.82) is 0 Å². The molecule has 0 spiro atoms. The fraction of sp³-hybridized carbons (Fsp3) is 0.517. The van der Waals surface area contributed by atoms with Gasteiger partial charge in [0, 0.05) is 48.0 Å². The molecule has 1 aromatic heterocycles. The first-order valence-corrected chi connectivity index (χ1v) is 15.1. The molecule has 1 aliphatic carbocycles. The lowest BCUT2D eigenvalue weighted by atomic mass is 9.85. The molecule has 2 saturated heterocycles. The van der Waals surface area contributed by atoms with Crippen LogP contribution in [0, 0.1) is 17.6 Å². The molecular weight excluding hydrogens is 590 g/mol. The van der Waals surface area contributed by atoms with Gasteiger partial charge < -0.3 is 15.2 Å². The minimum atomic E-state index is -3.06. The molecule has 6 rings (SSSR count). The van der Waals surface area contributed by atoms with Gasteiger partial charge >= 0.3 is 11.9 Å². The normalized spacial score (nSPS) is 29.2. The van der Waals surface area contributed by atoms with Crippen LogP contribution in [0.3, 0.4) is 0 Å². The van der Waals surface area contributed by atoms with Crippen LogP contribution in [0.25, 0.3) is 0 Å². The lowest BCUT2D eigenvalue weighted by Gasteiger charge is -2.38. The number of carbonyl (C=O) groups excluding carboxylic acids is 1. The van der Waals surface area contributed by atoms with E-state index in [0.717, 1.165) is 13.2 Å². The van der Waals surface area contributed by atoms with E-state index in [4.69, 9.17) is 4.74 Å². The molecule has 14 heteroatoms. The molecule has 1 saturated carbocycles. The number of fused-ring (bicyclic) bond motifs is 1. The Morgan fingerprint density at radius 1 is 1.19 bits per heavy atom. The number of hydrogen-bond donors (Lipinski definition) is 2. The molecule has 0 unspecified atom stereocenters. The molecule has 4 heterocycles. The van der Waals surface area contributed by atoms with Crippen molar-refractivity contribution in [2.75, 3.05) is 26.7 Å². The third-order valence-electron chi connectivity index (χ3n) is 9.04. The van der Waals surface area contributed by atoms with Crippen LogP contribution in [-0.4, -0.2) is 88.5 Å². The summed E-state index contributed by atoms with van der Waals surface area (Å²) in [5.74, 6) is -7.28. The molecular formula is C29H31F4N5O4S. The smallest absolute Gasteiger partial charge is 0.338 e. The van der Waals surface area contributed by atoms with E-state index in [9.17, 15) is 19.1 Å². The van der Waals surface area contributed by atoms with Gasteiger partial charge in [-0.2, -0.15) is 0 Å². The molecule has 9 nitrogen and oxygen atoms in total. The van der Waals surface area contributed by atoms with Crippen LogP contribution < -0.4 is 5.32 Å². The van der Waals surface area contributed by atoms with Gasteiger partial charge in [0.05, 0.1) is 31.2 Å². The number of nitrogens with one attached hydrogen (secondary N) is 1. The highest BCUT2D eigenvalue weighted by Gasteiger charge is 2.60. The van der Waals surface area contributed by atoms with Gasteiger partial charge in [-0.05, 0) is 38.2 Å². The number of carbonyl (C=O) groups is 2. The average molecular weight is 622 g/mol. The third kappa shape index (κ3) is 5.44. The second-order valence-electron chi connectivity index (χ2n) is 11.4. The zero-order chi connectivity index (χ0) is 30.5. The lowest BCUT2D eigenvalue weighted by molar-refractivity contribution is -0.143. The number of benzene rings is 1. The Labute approximate surface area is 249 Å². The van der Waals surface area contributed by atoms with E-state index < -0.39 is 60.1 Å². The van der Waals surface area contributed by atoms with E-state index in [1.807, 2.05) is 4.90 Å². The number of aromatic nitrogens is 1. The first-order chi connectivity index (χ1) is 20.6. The number of esters is 1. The highest BCUT2D eigenvalue weighted by atomic mass is 32.1. The Balaban J connectivity index is 1.33. The number of thiazole rings is 1. The van der Waals surface area contributed by atoms with E-state index in [0.29, 0.717) is 43.7 Å². The summed E-state index contributed by atoms with van der Waals surface area (Å²) >= 11 is 1.24. The quantitative estimate of drug-likeness (QED) is 0.354. The second-order valence-corrected chi connectivity index (χ2v) is 12.3. The number of aliphatic carboxylic acids is 1. The SMILES string of the molecule is COC(=O)C1=C(CN2CC(F)(F)[C@H]3[C@@H]2CCN3C2CCC(C(=O)O)CC2)NC(c2nccs2)=N[C@H]1c1cccc(F)c1F. The van der Waals surface area contributed by atoms with E-state index in [2.05, 4.69) is 15.3 Å². The minimum Gasteiger partial charge on any atom is -0.481 e. The van der Waals surface area contributed by atoms with Crippen LogP contribution >= 0.6 is 11.3 Å². The summed E-state index contributed by atoms with van der Waals surface area (Å²) in [7, 11) is 1.15. The summed E-state index contributed by atoms with van der Waals surface area (Å²) in [6.45, 7) is -0.229. The number of alkyl halides is 2. The predicted octanol–water partition coefficient (Wildman–Crippen LogP) is 3.98. The zero-order valence-corrected chi connectivity index (χ0v) is 24.1. The highest BCUT2D eigenvalue weighted by molar-refractivity contribution is 7.11. The lowest BCUT2D eigenvalue weighted by Crippen LogP contribution is -2.50. The van der Waals surface area contributed by atoms with Gasteiger partial charge in [-0.15, -0.1) is 11.3 Å². The van der Waals surface area contributed by atoms with E-state index in [1.54, 1.807) is 16.5 Å². The van der Waals surface area contributed by atoms with Crippen molar-refractivity contribution in [2.45, 2.75) is 62.2 Å². The maximum atomic E-state index is 15.7. The summed E-state index contributed by atoms with van der Waals surface area (Å²) in [4.78, 5) is 36.9. The first kappa shape index (κ1) is 29.7. The topological polar surface area (TPSA) is 107 Å². The molecule has 0 radical (unpaired) electrons. The molecule has 3 aliphatic heterocycles. The number of ether oxygens (including phenoxy) is 1. The summed E-state index contributed by atoms with van der Waals surface area (Å²) in [6, 6.07) is 0.567. The number of rotatable bonds is 7. The zero-order valence-electron chi connectivity index (χ0n) is 23.3. The Hall–Kier alpha value is -3.36. The number of hydrogen-bond acceptors (Lipinski definition) is 9. The second kappa shape index (κ2) is 11.6. The van der Waals surface area contributed by atoms with Crippen molar-refractivity contribution in [3.63, 3.8) is 0 Å². The number of carboxylic acid groups (broad SMARTS) is 1. The first-order valence-electron chi connectivity index (χ1n) is 14.2. The van der Waals surface area contributed by atoms with Gasteiger partial charge in [-0.1, -0.05) is 12.1 Å². The van der Waals surface area contributed by atoms with Crippen molar-refractivity contribution >= 4 is 29.1 Å². The van der Waals surface area contributed by atoms with Crippen molar-refractivity contribution in [3.8, 4) is 0 Å². The molecule has 2 N–H and O–H groups in total. The van der Waals surface area contributed by atoms with Gasteiger partial charge in [0.25, 0.3) is 5.92 Å². The van der Waals surface area contributed by atoms with Crippen LogP contribution in [0.1, 0.15) is 48.7 Å². The number of aliphatic imine (C=N–C) groups is 1. The standard InChI is InChI=1S/C29H31F4N5O4S/c1-42-28(41)21-19(35-25(26-34-10-12-43-26)36-23(21)17-3-2-4-18(30)22(17)31)13-37-14-29(32,33)24-20(37)9-11-38(24)16-7-5-15(6-8-16)27(39)40/h2-4,10,12,15-16,20,23-24H,5-9,11,13-14H2,1H3,(H,35,36)(H,39,40)/t15?,16?,20-,23-,24+/m0/s1. The fourth-order valence-corrected chi connectivity index (χ4v) is 7.69. The van der Waals surface area contributed by atoms with Gasteiger partial charge in [0.2, 0.25) is 0 Å². The third-order valence-corrected chi connectivity index (χ3v) is 9.82. The van der Waals surface area contributed by atoms with Crippen molar-refractivity contribution in [3.05, 3.63) is 63.3 Å². The molecule has 1 aromatic carbocycles. The highest BCUT2D eigenvalue weighted by Crippen LogP contribution is 2.45. The van der Waals surface area contributed by atoms with Gasteiger partial charge in [0.15, 0.2) is 22.5 Å². The molecule has 230 valence electrons. The van der Waals surface area contributed by atoms with E-state index in [-0.39, 0.29) is 35.3 Å². The minimum absolute atomic E-state index is 0.0964. The summed E-state index contributed by atoms with van der Waals surface area (Å²) in [6.07, 6.45) is 4.02. The van der Waals surface area contributed by atoms with Crippen LogP contribution in [0.15, 0.2) is 46.0 Å². The Kier molecular flexibility index (Phi) is 8.03. The maximum absolute atomic E-state index is 15.7. The van der Waals surface area contributed by atoms with E-state index >= 15 is 13.2 Å². The number of amidine groups is 1. The van der Waals surface area contributed by atoms with Crippen molar-refractivity contribution in [1.82, 2.24) is 20.1 Å². The Morgan fingerprint density at radius 3 is 2.63 bits per heavy atom. The molecule has 3 fully saturated rings.